The number of benzene rings is 1. The van der Waals surface area contributed by atoms with Gasteiger partial charge in [0.1, 0.15) is 22.8 Å². The molecule has 0 unspecified atom stereocenters. The lowest BCUT2D eigenvalue weighted by Crippen LogP contribution is -2.38. The molecule has 1 saturated heterocycles. The number of H-pyrrole nitrogens is 1. The fourth-order valence-electron chi connectivity index (χ4n) is 4.44. The second-order valence-corrected chi connectivity index (χ2v) is 10.1. The van der Waals surface area contributed by atoms with Crippen molar-refractivity contribution < 1.29 is 19.0 Å². The van der Waals surface area contributed by atoms with Crippen molar-refractivity contribution in [2.45, 2.75) is 62.6 Å². The van der Waals surface area contributed by atoms with Gasteiger partial charge in [-0.1, -0.05) is 0 Å². The van der Waals surface area contributed by atoms with Gasteiger partial charge in [-0.05, 0) is 44.4 Å². The van der Waals surface area contributed by atoms with Gasteiger partial charge in [0.05, 0.1) is 24.0 Å². The molecule has 0 spiro atoms. The highest BCUT2D eigenvalue weighted by Crippen LogP contribution is 2.30. The van der Waals surface area contributed by atoms with E-state index in [1.807, 2.05) is 4.90 Å². The van der Waals surface area contributed by atoms with E-state index in [0.29, 0.717) is 53.7 Å². The highest BCUT2D eigenvalue weighted by atomic mass is 32.2. The number of rotatable bonds is 6. The fraction of sp³-hybridized carbons (Fsp3) is 0.609. The van der Waals surface area contributed by atoms with E-state index in [1.165, 1.54) is 6.07 Å². The minimum absolute atomic E-state index is 0.0540. The van der Waals surface area contributed by atoms with E-state index < -0.39 is 11.4 Å². The van der Waals surface area contributed by atoms with Crippen LogP contribution in [0.25, 0.3) is 10.9 Å². The number of amides is 1. The van der Waals surface area contributed by atoms with Crippen molar-refractivity contribution in [3.05, 3.63) is 34.1 Å². The summed E-state index contributed by atoms with van der Waals surface area (Å²) in [5.41, 5.74) is -0.185. The molecule has 1 aromatic carbocycles. The van der Waals surface area contributed by atoms with Gasteiger partial charge in [0.15, 0.2) is 0 Å². The first-order chi connectivity index (χ1) is 15.4. The van der Waals surface area contributed by atoms with E-state index in [0.717, 1.165) is 38.5 Å². The van der Waals surface area contributed by atoms with Gasteiger partial charge in [0.2, 0.25) is 5.91 Å². The average molecular weight is 464 g/mol. The maximum Gasteiger partial charge on any atom is 0.261 e. The van der Waals surface area contributed by atoms with Crippen molar-refractivity contribution in [2.24, 2.45) is 5.92 Å². The smallest absolute Gasteiger partial charge is 0.261 e. The van der Waals surface area contributed by atoms with Crippen LogP contribution in [0.5, 0.6) is 5.75 Å². The fourth-order valence-corrected chi connectivity index (χ4v) is 5.57. The predicted octanol–water partition coefficient (Wildman–Crippen LogP) is 3.24. The molecule has 1 aliphatic heterocycles. The number of halogens is 1. The Morgan fingerprint density at radius 1 is 1.25 bits per heavy atom. The van der Waals surface area contributed by atoms with Gasteiger partial charge in [0, 0.05) is 37.4 Å². The standard InChI is InChI=1S/C23H30FN3O4S/c1-14(28)27-8-6-15(7-9-27)12-31-17-10-19(24)22-20(11-17)25-21(26-23(22)30)13-32-18-4-2-16(29)3-5-18/h10-11,15-16,18,29H,2-9,12-13H2,1H3,(H,25,26,30). The molecule has 0 radical (unpaired) electrons. The number of hydrogen-bond acceptors (Lipinski definition) is 6. The number of carbonyl (C=O) groups excluding carboxylic acids is 1. The van der Waals surface area contributed by atoms with E-state index in [9.17, 15) is 19.1 Å². The van der Waals surface area contributed by atoms with Crippen LogP contribution in [0.3, 0.4) is 0 Å². The number of nitrogens with zero attached hydrogens (tertiary/aromatic N) is 2. The zero-order chi connectivity index (χ0) is 22.7. The molecule has 1 aromatic heterocycles. The molecule has 2 aliphatic rings. The van der Waals surface area contributed by atoms with Crippen molar-refractivity contribution in [2.75, 3.05) is 19.7 Å². The quantitative estimate of drug-likeness (QED) is 0.683. The summed E-state index contributed by atoms with van der Waals surface area (Å²) in [6.07, 6.45) is 5.01. The third-order valence-corrected chi connectivity index (χ3v) is 7.81. The van der Waals surface area contributed by atoms with E-state index >= 15 is 0 Å². The molecule has 4 rings (SSSR count). The first kappa shape index (κ1) is 23.0. The molecule has 7 nitrogen and oxygen atoms in total. The number of ether oxygens (including phenoxy) is 1. The SMILES string of the molecule is CC(=O)N1CCC(COc2cc(F)c3c(=O)[nH]c(CSC4CCC(O)CC4)nc3c2)CC1. The number of fused-ring (bicyclic) bond motifs is 1. The summed E-state index contributed by atoms with van der Waals surface area (Å²) >= 11 is 1.71. The summed E-state index contributed by atoms with van der Waals surface area (Å²) in [5.74, 6) is 1.17. The van der Waals surface area contributed by atoms with Crippen LogP contribution in [0, 0.1) is 11.7 Å². The summed E-state index contributed by atoms with van der Waals surface area (Å²) in [5, 5.41) is 10.0. The maximum absolute atomic E-state index is 14.6. The van der Waals surface area contributed by atoms with Crippen LogP contribution in [-0.2, 0) is 10.5 Å². The zero-order valence-electron chi connectivity index (χ0n) is 18.3. The molecule has 174 valence electrons. The number of nitrogens with one attached hydrogen (secondary N) is 1. The number of aromatic nitrogens is 2. The Bertz CT molecular complexity index is 1010. The van der Waals surface area contributed by atoms with Crippen LogP contribution >= 0.6 is 11.8 Å². The number of thioether (sulfide) groups is 1. The average Bonchev–Trinajstić information content (AvgIpc) is 2.77. The number of likely N-dealkylation sites (tertiary alicyclic amines) is 1. The summed E-state index contributed by atoms with van der Waals surface area (Å²) in [6.45, 7) is 3.45. The molecule has 2 heterocycles. The molecule has 2 aromatic rings. The van der Waals surface area contributed by atoms with Crippen molar-refractivity contribution in [1.82, 2.24) is 14.9 Å². The molecule has 2 N–H and O–H groups in total. The van der Waals surface area contributed by atoms with Crippen molar-refractivity contribution in [1.29, 1.82) is 0 Å². The van der Waals surface area contributed by atoms with Crippen LogP contribution in [0.2, 0.25) is 0 Å². The number of hydrogen-bond donors (Lipinski definition) is 2. The second kappa shape index (κ2) is 10.2. The first-order valence-electron chi connectivity index (χ1n) is 11.3. The monoisotopic (exact) mass is 463 g/mol. The van der Waals surface area contributed by atoms with E-state index in [4.69, 9.17) is 4.74 Å². The van der Waals surface area contributed by atoms with Gasteiger partial charge in [-0.15, -0.1) is 0 Å². The van der Waals surface area contributed by atoms with E-state index in [-0.39, 0.29) is 17.4 Å². The molecule has 0 bridgehead atoms. The Balaban J connectivity index is 1.41. The lowest BCUT2D eigenvalue weighted by molar-refractivity contribution is -0.130. The van der Waals surface area contributed by atoms with E-state index in [1.54, 1.807) is 24.8 Å². The lowest BCUT2D eigenvalue weighted by atomic mass is 9.97. The van der Waals surface area contributed by atoms with Crippen LogP contribution in [-0.4, -0.2) is 56.9 Å². The van der Waals surface area contributed by atoms with Crippen molar-refractivity contribution in [3.8, 4) is 5.75 Å². The number of aromatic amines is 1. The molecule has 2 fully saturated rings. The molecular weight excluding hydrogens is 433 g/mol. The minimum atomic E-state index is -0.641. The molecular formula is C23H30FN3O4S. The van der Waals surface area contributed by atoms with Gasteiger partial charge in [-0.25, -0.2) is 9.37 Å². The number of aliphatic hydroxyl groups is 1. The van der Waals surface area contributed by atoms with Gasteiger partial charge >= 0.3 is 0 Å². The Morgan fingerprint density at radius 3 is 2.66 bits per heavy atom. The van der Waals surface area contributed by atoms with Crippen LogP contribution in [0.4, 0.5) is 4.39 Å². The normalized spacial score (nSPS) is 22.3. The van der Waals surface area contributed by atoms with Gasteiger partial charge in [-0.2, -0.15) is 11.8 Å². The second-order valence-electron chi connectivity index (χ2n) is 8.81. The summed E-state index contributed by atoms with van der Waals surface area (Å²) in [7, 11) is 0. The highest BCUT2D eigenvalue weighted by Gasteiger charge is 2.22. The van der Waals surface area contributed by atoms with Crippen LogP contribution in [0.15, 0.2) is 16.9 Å². The third-order valence-electron chi connectivity index (χ3n) is 6.43. The Kier molecular flexibility index (Phi) is 7.35. The number of carbonyl (C=O) groups is 1. The van der Waals surface area contributed by atoms with E-state index in [2.05, 4.69) is 9.97 Å². The summed E-state index contributed by atoms with van der Waals surface area (Å²) in [6, 6.07) is 2.87. The first-order valence-corrected chi connectivity index (χ1v) is 12.3. The Morgan fingerprint density at radius 2 is 1.97 bits per heavy atom. The van der Waals surface area contributed by atoms with Crippen LogP contribution < -0.4 is 10.3 Å². The summed E-state index contributed by atoms with van der Waals surface area (Å²) < 4.78 is 20.5. The lowest BCUT2D eigenvalue weighted by Gasteiger charge is -2.31. The maximum atomic E-state index is 14.6. The minimum Gasteiger partial charge on any atom is -0.493 e. The largest absolute Gasteiger partial charge is 0.493 e. The molecule has 1 aliphatic carbocycles. The zero-order valence-corrected chi connectivity index (χ0v) is 19.1. The van der Waals surface area contributed by atoms with Crippen molar-refractivity contribution in [3.63, 3.8) is 0 Å². The summed E-state index contributed by atoms with van der Waals surface area (Å²) in [4.78, 5) is 33.0. The van der Waals surface area contributed by atoms with Crippen LogP contribution in [0.1, 0.15) is 51.3 Å². The number of aliphatic hydroxyl groups excluding tert-OH is 1. The molecule has 32 heavy (non-hydrogen) atoms. The van der Waals surface area contributed by atoms with Gasteiger partial charge < -0.3 is 19.7 Å². The molecule has 0 atom stereocenters. The topological polar surface area (TPSA) is 95.5 Å². The Labute approximate surface area is 190 Å². The third kappa shape index (κ3) is 5.61. The molecule has 9 heteroatoms. The predicted molar refractivity (Wildman–Crippen MR) is 122 cm³/mol. The van der Waals surface area contributed by atoms with Gasteiger partial charge in [-0.3, -0.25) is 9.59 Å². The molecule has 1 saturated carbocycles. The highest BCUT2D eigenvalue weighted by molar-refractivity contribution is 7.99. The van der Waals surface area contributed by atoms with Gasteiger partial charge in [0.25, 0.3) is 5.56 Å². The van der Waals surface area contributed by atoms with Crippen molar-refractivity contribution >= 4 is 28.6 Å². The number of piperidine rings is 1. The molecule has 1 amide bonds. The Hall–Kier alpha value is -2.13.